The largest absolute Gasteiger partial charge is 0.485 e. The van der Waals surface area contributed by atoms with Gasteiger partial charge in [-0.15, -0.1) is 0 Å². The second kappa shape index (κ2) is 7.24. The fourth-order valence-electron chi connectivity index (χ4n) is 3.36. The maximum atomic E-state index is 12.9. The lowest BCUT2D eigenvalue weighted by Gasteiger charge is -2.25. The van der Waals surface area contributed by atoms with E-state index in [0.29, 0.717) is 17.2 Å². The van der Waals surface area contributed by atoms with Gasteiger partial charge in [0.25, 0.3) is 5.91 Å². The van der Waals surface area contributed by atoms with Crippen LogP contribution in [-0.2, 0) is 4.79 Å². The average molecular weight is 383 g/mol. The lowest BCUT2D eigenvalue weighted by molar-refractivity contribution is -0.125. The molecule has 3 heterocycles. The van der Waals surface area contributed by atoms with Gasteiger partial charge in [-0.2, -0.15) is 0 Å². The van der Waals surface area contributed by atoms with Crippen LogP contribution in [0.15, 0.2) is 79.3 Å². The number of ether oxygens (including phenoxy) is 2. The van der Waals surface area contributed by atoms with Gasteiger partial charge in [-0.1, -0.05) is 18.2 Å². The van der Waals surface area contributed by atoms with E-state index in [9.17, 15) is 4.79 Å². The topological polar surface area (TPSA) is 73.3 Å². The summed E-state index contributed by atoms with van der Waals surface area (Å²) in [6, 6.07) is 19.0. The minimum atomic E-state index is -0.742. The fraction of sp³-hybridized carbons (Fsp3) is 0.0870. The monoisotopic (exact) mass is 383 g/mol. The molecule has 5 rings (SSSR count). The summed E-state index contributed by atoms with van der Waals surface area (Å²) in [5.41, 5.74) is 3.32. The maximum Gasteiger partial charge on any atom is 0.269 e. The van der Waals surface area contributed by atoms with Crippen LogP contribution < -0.4 is 14.8 Å². The fourth-order valence-corrected chi connectivity index (χ4v) is 3.36. The molecule has 4 aromatic rings. The number of anilines is 1. The van der Waals surface area contributed by atoms with Crippen LogP contribution >= 0.6 is 0 Å². The predicted molar refractivity (Wildman–Crippen MR) is 110 cm³/mol. The van der Waals surface area contributed by atoms with Crippen LogP contribution in [-0.4, -0.2) is 28.6 Å². The molecule has 1 amide bonds. The summed E-state index contributed by atoms with van der Waals surface area (Å²) < 4.78 is 11.5. The molecule has 1 aliphatic rings. The SMILES string of the molecule is O=C(Nc1cc(-c2ccncc2)cc2cccnc12)C1COc2ccccc2O1. The van der Waals surface area contributed by atoms with E-state index in [1.54, 1.807) is 24.7 Å². The first-order valence-electron chi connectivity index (χ1n) is 9.26. The smallest absolute Gasteiger partial charge is 0.269 e. The van der Waals surface area contributed by atoms with Gasteiger partial charge >= 0.3 is 0 Å². The highest BCUT2D eigenvalue weighted by molar-refractivity contribution is 6.04. The number of carbonyl (C=O) groups excluding carboxylic acids is 1. The van der Waals surface area contributed by atoms with Gasteiger partial charge < -0.3 is 14.8 Å². The Morgan fingerprint density at radius 2 is 1.76 bits per heavy atom. The molecule has 142 valence electrons. The zero-order valence-corrected chi connectivity index (χ0v) is 15.4. The molecule has 0 saturated heterocycles. The maximum absolute atomic E-state index is 12.9. The third kappa shape index (κ3) is 3.36. The number of pyridine rings is 2. The average Bonchev–Trinajstić information content (AvgIpc) is 2.79. The summed E-state index contributed by atoms with van der Waals surface area (Å²) in [5, 5.41) is 3.91. The third-order valence-electron chi connectivity index (χ3n) is 4.78. The van der Waals surface area contributed by atoms with Crippen molar-refractivity contribution in [3.63, 3.8) is 0 Å². The number of nitrogens with one attached hydrogen (secondary N) is 1. The Hall–Kier alpha value is -3.93. The molecular weight excluding hydrogens is 366 g/mol. The second-order valence-electron chi connectivity index (χ2n) is 6.69. The third-order valence-corrected chi connectivity index (χ3v) is 4.78. The lowest BCUT2D eigenvalue weighted by atomic mass is 10.0. The van der Waals surface area contributed by atoms with Gasteiger partial charge in [0, 0.05) is 24.0 Å². The second-order valence-corrected chi connectivity index (χ2v) is 6.69. The zero-order chi connectivity index (χ0) is 19.6. The highest BCUT2D eigenvalue weighted by atomic mass is 16.6. The molecule has 1 unspecified atom stereocenters. The minimum absolute atomic E-state index is 0.151. The lowest BCUT2D eigenvalue weighted by Crippen LogP contribution is -2.40. The molecule has 6 heteroatoms. The number of para-hydroxylation sites is 2. The van der Waals surface area contributed by atoms with Gasteiger partial charge in [-0.3, -0.25) is 14.8 Å². The molecule has 0 aliphatic carbocycles. The van der Waals surface area contributed by atoms with Gasteiger partial charge in [0.1, 0.15) is 6.61 Å². The predicted octanol–water partition coefficient (Wildman–Crippen LogP) is 4.08. The Morgan fingerprint density at radius 3 is 2.62 bits per heavy atom. The van der Waals surface area contributed by atoms with Crippen molar-refractivity contribution in [2.75, 3.05) is 11.9 Å². The van der Waals surface area contributed by atoms with Gasteiger partial charge in [0.15, 0.2) is 11.5 Å². The van der Waals surface area contributed by atoms with E-state index in [1.165, 1.54) is 0 Å². The Kier molecular flexibility index (Phi) is 4.29. The molecule has 2 aromatic heterocycles. The zero-order valence-electron chi connectivity index (χ0n) is 15.4. The van der Waals surface area contributed by atoms with Crippen LogP contribution in [0.2, 0.25) is 0 Å². The molecule has 0 radical (unpaired) electrons. The van der Waals surface area contributed by atoms with Crippen molar-refractivity contribution in [2.24, 2.45) is 0 Å². The van der Waals surface area contributed by atoms with E-state index in [4.69, 9.17) is 9.47 Å². The number of hydrogen-bond donors (Lipinski definition) is 1. The van der Waals surface area contributed by atoms with Crippen molar-refractivity contribution in [3.05, 3.63) is 79.3 Å². The van der Waals surface area contributed by atoms with E-state index in [2.05, 4.69) is 15.3 Å². The summed E-state index contributed by atoms with van der Waals surface area (Å²) in [6.07, 6.45) is 4.45. The van der Waals surface area contributed by atoms with E-state index >= 15 is 0 Å². The molecule has 0 fully saturated rings. The summed E-state index contributed by atoms with van der Waals surface area (Å²) in [5.74, 6) is 0.925. The number of nitrogens with zero attached hydrogens (tertiary/aromatic N) is 2. The standard InChI is InChI=1S/C23H17N3O3/c27-23(21-14-28-19-5-1-2-6-20(19)29-21)26-18-13-17(15-7-10-24-11-8-15)12-16-4-3-9-25-22(16)18/h1-13,21H,14H2,(H,26,27). The molecule has 2 aromatic carbocycles. The van der Waals surface area contributed by atoms with Crippen molar-refractivity contribution < 1.29 is 14.3 Å². The van der Waals surface area contributed by atoms with Gasteiger partial charge in [-0.05, 0) is 53.6 Å². The minimum Gasteiger partial charge on any atom is -0.485 e. The quantitative estimate of drug-likeness (QED) is 0.577. The highest BCUT2D eigenvalue weighted by Crippen LogP contribution is 2.32. The van der Waals surface area contributed by atoms with Crippen LogP contribution in [0.5, 0.6) is 11.5 Å². The van der Waals surface area contributed by atoms with Crippen molar-refractivity contribution in [1.29, 1.82) is 0 Å². The molecule has 0 saturated carbocycles. The summed E-state index contributed by atoms with van der Waals surface area (Å²) in [7, 11) is 0. The Morgan fingerprint density at radius 1 is 0.931 bits per heavy atom. The Balaban J connectivity index is 1.48. The van der Waals surface area contributed by atoms with E-state index in [1.807, 2.05) is 54.6 Å². The van der Waals surface area contributed by atoms with E-state index < -0.39 is 6.10 Å². The number of carbonyl (C=O) groups is 1. The van der Waals surface area contributed by atoms with Crippen molar-refractivity contribution >= 4 is 22.5 Å². The Labute approximate surface area is 167 Å². The number of aromatic nitrogens is 2. The molecule has 6 nitrogen and oxygen atoms in total. The van der Waals surface area contributed by atoms with Crippen molar-refractivity contribution in [1.82, 2.24) is 9.97 Å². The summed E-state index contributed by atoms with van der Waals surface area (Å²) >= 11 is 0. The molecule has 1 N–H and O–H groups in total. The Bertz CT molecular complexity index is 1190. The number of hydrogen-bond acceptors (Lipinski definition) is 5. The normalized spacial score (nSPS) is 15.1. The van der Waals surface area contributed by atoms with Gasteiger partial charge in [-0.25, -0.2) is 0 Å². The molecule has 1 aliphatic heterocycles. The molecule has 29 heavy (non-hydrogen) atoms. The van der Waals surface area contributed by atoms with Crippen LogP contribution in [0.25, 0.3) is 22.0 Å². The number of amides is 1. The van der Waals surface area contributed by atoms with Gasteiger partial charge in [0.2, 0.25) is 6.10 Å². The highest BCUT2D eigenvalue weighted by Gasteiger charge is 2.27. The van der Waals surface area contributed by atoms with Gasteiger partial charge in [0.05, 0.1) is 11.2 Å². The van der Waals surface area contributed by atoms with E-state index in [-0.39, 0.29) is 12.5 Å². The first-order valence-corrected chi connectivity index (χ1v) is 9.26. The molecule has 0 bridgehead atoms. The number of fused-ring (bicyclic) bond motifs is 2. The molecule has 0 spiro atoms. The number of rotatable bonds is 3. The first-order chi connectivity index (χ1) is 14.3. The number of benzene rings is 2. The van der Waals surface area contributed by atoms with E-state index in [0.717, 1.165) is 22.0 Å². The molecular formula is C23H17N3O3. The summed E-state index contributed by atoms with van der Waals surface area (Å²) in [4.78, 5) is 21.4. The van der Waals surface area contributed by atoms with Crippen LogP contribution in [0, 0.1) is 0 Å². The van der Waals surface area contributed by atoms with Crippen LogP contribution in [0.4, 0.5) is 5.69 Å². The van der Waals surface area contributed by atoms with Crippen molar-refractivity contribution in [3.8, 4) is 22.6 Å². The first kappa shape index (κ1) is 17.2. The molecule has 1 atom stereocenters. The van der Waals surface area contributed by atoms with Crippen molar-refractivity contribution in [2.45, 2.75) is 6.10 Å². The van der Waals surface area contributed by atoms with Crippen LogP contribution in [0.3, 0.4) is 0 Å². The van der Waals surface area contributed by atoms with Crippen LogP contribution in [0.1, 0.15) is 0 Å². The summed E-state index contributed by atoms with van der Waals surface area (Å²) in [6.45, 7) is 0.151.